The first-order valence-electron chi connectivity index (χ1n) is 9.21. The Labute approximate surface area is 152 Å². The molecule has 0 amide bonds. The fraction of sp³-hybridized carbons (Fsp3) is 0.455. The highest BCUT2D eigenvalue weighted by Gasteiger charge is 2.47. The standard InChI is InChI=1S/C22H29BO2/c1-16(2)20-22(5,6)25-23(24-20)19-14-12-18(13-15-19)21(3,4)17-10-8-7-9-11-17/h7-16,20H,1-6H3. The average molecular weight is 336 g/mol. The van der Waals surface area contributed by atoms with Gasteiger partial charge in [-0.15, -0.1) is 0 Å². The van der Waals surface area contributed by atoms with Crippen molar-refractivity contribution >= 4 is 12.6 Å². The molecule has 1 atom stereocenters. The van der Waals surface area contributed by atoms with Crippen LogP contribution in [0.5, 0.6) is 0 Å². The summed E-state index contributed by atoms with van der Waals surface area (Å²) in [6, 6.07) is 19.3. The van der Waals surface area contributed by atoms with Gasteiger partial charge in [-0.1, -0.05) is 82.3 Å². The summed E-state index contributed by atoms with van der Waals surface area (Å²) in [4.78, 5) is 0. The quantitative estimate of drug-likeness (QED) is 0.762. The van der Waals surface area contributed by atoms with E-state index in [9.17, 15) is 0 Å². The Morgan fingerprint density at radius 2 is 1.48 bits per heavy atom. The molecule has 0 aliphatic carbocycles. The summed E-state index contributed by atoms with van der Waals surface area (Å²) in [6.45, 7) is 13.1. The third kappa shape index (κ3) is 3.54. The molecule has 25 heavy (non-hydrogen) atoms. The van der Waals surface area contributed by atoms with Crippen molar-refractivity contribution in [2.45, 2.75) is 58.7 Å². The van der Waals surface area contributed by atoms with Crippen LogP contribution in [0.4, 0.5) is 0 Å². The van der Waals surface area contributed by atoms with Crippen molar-refractivity contribution in [2.75, 3.05) is 0 Å². The molecule has 1 aliphatic rings. The predicted octanol–water partition coefficient (Wildman–Crippen LogP) is 4.56. The molecule has 0 N–H and O–H groups in total. The zero-order valence-electron chi connectivity index (χ0n) is 16.2. The Morgan fingerprint density at radius 1 is 0.920 bits per heavy atom. The Morgan fingerprint density at radius 3 is 2.00 bits per heavy atom. The molecule has 0 bridgehead atoms. The molecule has 0 spiro atoms. The molecule has 0 radical (unpaired) electrons. The number of hydrogen-bond donors (Lipinski definition) is 0. The maximum absolute atomic E-state index is 6.21. The third-order valence-electron chi connectivity index (χ3n) is 5.37. The average Bonchev–Trinajstić information content (AvgIpc) is 2.91. The fourth-order valence-electron chi connectivity index (χ4n) is 3.85. The van der Waals surface area contributed by atoms with Crippen LogP contribution < -0.4 is 5.46 Å². The second-order valence-electron chi connectivity index (χ2n) is 8.47. The highest BCUT2D eigenvalue weighted by molar-refractivity contribution is 6.62. The Balaban J connectivity index is 1.82. The summed E-state index contributed by atoms with van der Waals surface area (Å²) in [5.41, 5.74) is 3.40. The van der Waals surface area contributed by atoms with Crippen LogP contribution in [0, 0.1) is 5.92 Å². The SMILES string of the molecule is CC(C)C1OB(c2ccc(C(C)(C)c3ccccc3)cc2)OC1(C)C. The molecule has 1 fully saturated rings. The summed E-state index contributed by atoms with van der Waals surface area (Å²) in [5, 5.41) is 0. The van der Waals surface area contributed by atoms with Gasteiger partial charge in [0.25, 0.3) is 0 Å². The first kappa shape index (κ1) is 18.2. The van der Waals surface area contributed by atoms with Crippen molar-refractivity contribution in [1.82, 2.24) is 0 Å². The molecule has 3 rings (SSSR count). The second kappa shape index (κ2) is 6.62. The van der Waals surface area contributed by atoms with E-state index in [1.54, 1.807) is 0 Å². The van der Waals surface area contributed by atoms with Crippen LogP contribution in [0.25, 0.3) is 0 Å². The minimum atomic E-state index is -0.281. The monoisotopic (exact) mass is 336 g/mol. The van der Waals surface area contributed by atoms with Gasteiger partial charge >= 0.3 is 7.12 Å². The molecule has 0 aromatic heterocycles. The summed E-state index contributed by atoms with van der Waals surface area (Å²) < 4.78 is 12.4. The molecule has 1 heterocycles. The van der Waals surface area contributed by atoms with Crippen LogP contribution in [-0.2, 0) is 14.7 Å². The zero-order valence-corrected chi connectivity index (χ0v) is 16.2. The molecule has 3 heteroatoms. The van der Waals surface area contributed by atoms with E-state index in [-0.39, 0.29) is 24.2 Å². The lowest BCUT2D eigenvalue weighted by molar-refractivity contribution is 0.0438. The molecular weight excluding hydrogens is 307 g/mol. The van der Waals surface area contributed by atoms with Crippen molar-refractivity contribution in [1.29, 1.82) is 0 Å². The van der Waals surface area contributed by atoms with E-state index in [2.05, 4.69) is 96.1 Å². The molecule has 1 saturated heterocycles. The maximum Gasteiger partial charge on any atom is 0.494 e. The van der Waals surface area contributed by atoms with Gasteiger partial charge in [0.15, 0.2) is 0 Å². The van der Waals surface area contributed by atoms with Crippen LogP contribution in [0.3, 0.4) is 0 Å². The van der Waals surface area contributed by atoms with Gasteiger partial charge in [0.2, 0.25) is 0 Å². The fourth-order valence-corrected chi connectivity index (χ4v) is 3.85. The largest absolute Gasteiger partial charge is 0.494 e. The van der Waals surface area contributed by atoms with Gasteiger partial charge in [-0.3, -0.25) is 0 Å². The number of rotatable bonds is 4. The summed E-state index contributed by atoms with van der Waals surface area (Å²) in [6.07, 6.45) is 0.109. The third-order valence-corrected chi connectivity index (χ3v) is 5.37. The van der Waals surface area contributed by atoms with Crippen molar-refractivity contribution in [3.63, 3.8) is 0 Å². The van der Waals surface area contributed by atoms with Crippen molar-refractivity contribution in [3.8, 4) is 0 Å². The smallest absolute Gasteiger partial charge is 0.401 e. The van der Waals surface area contributed by atoms with Gasteiger partial charge < -0.3 is 9.31 Å². The lowest BCUT2D eigenvalue weighted by Crippen LogP contribution is -2.37. The zero-order chi connectivity index (χ0) is 18.2. The Bertz CT molecular complexity index is 705. The van der Waals surface area contributed by atoms with Crippen LogP contribution >= 0.6 is 0 Å². The maximum atomic E-state index is 6.21. The van der Waals surface area contributed by atoms with Crippen LogP contribution in [0.1, 0.15) is 52.7 Å². The van der Waals surface area contributed by atoms with Crippen LogP contribution in [0.2, 0.25) is 0 Å². The summed E-state index contributed by atoms with van der Waals surface area (Å²) >= 11 is 0. The van der Waals surface area contributed by atoms with Gasteiger partial charge in [-0.2, -0.15) is 0 Å². The van der Waals surface area contributed by atoms with E-state index in [0.717, 1.165) is 5.46 Å². The van der Waals surface area contributed by atoms with Crippen LogP contribution in [-0.4, -0.2) is 18.8 Å². The summed E-state index contributed by atoms with van der Waals surface area (Å²) in [5.74, 6) is 0.427. The van der Waals surface area contributed by atoms with Gasteiger partial charge in [-0.05, 0) is 36.4 Å². The molecule has 132 valence electrons. The number of hydrogen-bond acceptors (Lipinski definition) is 2. The minimum Gasteiger partial charge on any atom is -0.401 e. The lowest BCUT2D eigenvalue weighted by atomic mass is 9.74. The van der Waals surface area contributed by atoms with Gasteiger partial charge in [-0.25, -0.2) is 0 Å². The van der Waals surface area contributed by atoms with E-state index in [1.165, 1.54) is 11.1 Å². The highest BCUT2D eigenvalue weighted by Crippen LogP contribution is 2.33. The first-order chi connectivity index (χ1) is 11.7. The van der Waals surface area contributed by atoms with Gasteiger partial charge in [0.05, 0.1) is 11.7 Å². The second-order valence-corrected chi connectivity index (χ2v) is 8.47. The van der Waals surface area contributed by atoms with Crippen LogP contribution in [0.15, 0.2) is 54.6 Å². The van der Waals surface area contributed by atoms with E-state index >= 15 is 0 Å². The van der Waals surface area contributed by atoms with Gasteiger partial charge in [0.1, 0.15) is 0 Å². The predicted molar refractivity (Wildman–Crippen MR) is 105 cm³/mol. The molecule has 2 aromatic rings. The lowest BCUT2D eigenvalue weighted by Gasteiger charge is -2.28. The molecule has 1 unspecified atom stereocenters. The molecule has 2 nitrogen and oxygen atoms in total. The van der Waals surface area contributed by atoms with Crippen molar-refractivity contribution < 1.29 is 9.31 Å². The topological polar surface area (TPSA) is 18.5 Å². The Kier molecular flexibility index (Phi) is 4.83. The normalized spacial score (nSPS) is 20.3. The number of benzene rings is 2. The molecular formula is C22H29BO2. The molecule has 0 saturated carbocycles. The highest BCUT2D eigenvalue weighted by atomic mass is 16.7. The van der Waals surface area contributed by atoms with Gasteiger partial charge in [0, 0.05) is 5.41 Å². The van der Waals surface area contributed by atoms with Crippen molar-refractivity contribution in [2.24, 2.45) is 5.92 Å². The minimum absolute atomic E-state index is 0.0308. The molecule has 1 aliphatic heterocycles. The first-order valence-corrected chi connectivity index (χ1v) is 9.21. The van der Waals surface area contributed by atoms with E-state index < -0.39 is 0 Å². The van der Waals surface area contributed by atoms with E-state index in [4.69, 9.17) is 9.31 Å². The van der Waals surface area contributed by atoms with Crippen molar-refractivity contribution in [3.05, 3.63) is 65.7 Å². The van der Waals surface area contributed by atoms with E-state index in [0.29, 0.717) is 5.92 Å². The molecule has 2 aromatic carbocycles. The Hall–Kier alpha value is -1.58. The van der Waals surface area contributed by atoms with E-state index in [1.807, 2.05) is 0 Å². The summed E-state index contributed by atoms with van der Waals surface area (Å²) in [7, 11) is -0.281.